The van der Waals surface area contributed by atoms with Crippen molar-refractivity contribution in [1.29, 1.82) is 0 Å². The SMILES string of the molecule is CC/C=N/NC(=O)Cc1ccc(OC)cc1. The van der Waals surface area contributed by atoms with Gasteiger partial charge in [0.15, 0.2) is 0 Å². The number of hydrogen-bond acceptors (Lipinski definition) is 3. The fourth-order valence-corrected chi connectivity index (χ4v) is 1.18. The number of nitrogens with one attached hydrogen (secondary N) is 1. The van der Waals surface area contributed by atoms with Crippen LogP contribution in [0, 0.1) is 0 Å². The zero-order chi connectivity index (χ0) is 11.8. The van der Waals surface area contributed by atoms with E-state index in [4.69, 9.17) is 4.74 Å². The average molecular weight is 220 g/mol. The van der Waals surface area contributed by atoms with Gasteiger partial charge in [0.05, 0.1) is 13.5 Å². The summed E-state index contributed by atoms with van der Waals surface area (Å²) in [7, 11) is 1.61. The number of benzene rings is 1. The van der Waals surface area contributed by atoms with Crippen molar-refractivity contribution in [2.75, 3.05) is 7.11 Å². The molecular weight excluding hydrogens is 204 g/mol. The van der Waals surface area contributed by atoms with E-state index in [2.05, 4.69) is 10.5 Å². The van der Waals surface area contributed by atoms with E-state index < -0.39 is 0 Å². The summed E-state index contributed by atoms with van der Waals surface area (Å²) in [5, 5.41) is 3.77. The van der Waals surface area contributed by atoms with Crippen molar-refractivity contribution >= 4 is 12.1 Å². The molecule has 4 nitrogen and oxygen atoms in total. The van der Waals surface area contributed by atoms with Crippen LogP contribution in [0.25, 0.3) is 0 Å². The van der Waals surface area contributed by atoms with E-state index in [0.717, 1.165) is 17.7 Å². The Hall–Kier alpha value is -1.84. The minimum atomic E-state index is -0.116. The summed E-state index contributed by atoms with van der Waals surface area (Å²) in [6.07, 6.45) is 2.79. The molecule has 0 saturated carbocycles. The lowest BCUT2D eigenvalue weighted by atomic mass is 10.1. The van der Waals surface area contributed by atoms with Crippen molar-refractivity contribution in [1.82, 2.24) is 5.43 Å². The highest BCUT2D eigenvalue weighted by atomic mass is 16.5. The molecule has 0 spiro atoms. The summed E-state index contributed by atoms with van der Waals surface area (Å²) in [5.74, 6) is 0.669. The van der Waals surface area contributed by atoms with Crippen molar-refractivity contribution in [3.63, 3.8) is 0 Å². The first-order valence-corrected chi connectivity index (χ1v) is 5.19. The van der Waals surface area contributed by atoms with Crippen LogP contribution in [0.3, 0.4) is 0 Å². The molecule has 1 aromatic carbocycles. The van der Waals surface area contributed by atoms with Crippen LogP contribution in [0.1, 0.15) is 18.9 Å². The Kier molecular flexibility index (Phi) is 5.05. The lowest BCUT2D eigenvalue weighted by Crippen LogP contribution is -2.19. The highest BCUT2D eigenvalue weighted by Crippen LogP contribution is 2.11. The van der Waals surface area contributed by atoms with Crippen LogP contribution in [0.15, 0.2) is 29.4 Å². The van der Waals surface area contributed by atoms with Crippen molar-refractivity contribution in [3.8, 4) is 5.75 Å². The van der Waals surface area contributed by atoms with Gasteiger partial charge in [-0.05, 0) is 24.1 Å². The maximum absolute atomic E-state index is 11.4. The predicted molar refractivity (Wildman–Crippen MR) is 63.6 cm³/mol. The number of carbonyl (C=O) groups excluding carboxylic acids is 1. The smallest absolute Gasteiger partial charge is 0.244 e. The Balaban J connectivity index is 2.46. The van der Waals surface area contributed by atoms with E-state index in [-0.39, 0.29) is 5.91 Å². The van der Waals surface area contributed by atoms with E-state index in [1.54, 1.807) is 13.3 Å². The summed E-state index contributed by atoms with van der Waals surface area (Å²) >= 11 is 0. The van der Waals surface area contributed by atoms with Crippen LogP contribution < -0.4 is 10.2 Å². The minimum absolute atomic E-state index is 0.116. The number of hydrogen-bond donors (Lipinski definition) is 1. The number of amides is 1. The van der Waals surface area contributed by atoms with E-state index in [1.807, 2.05) is 31.2 Å². The van der Waals surface area contributed by atoms with Crippen molar-refractivity contribution in [2.24, 2.45) is 5.10 Å². The second kappa shape index (κ2) is 6.61. The fourth-order valence-electron chi connectivity index (χ4n) is 1.18. The van der Waals surface area contributed by atoms with E-state index in [9.17, 15) is 4.79 Å². The quantitative estimate of drug-likeness (QED) is 0.607. The molecule has 86 valence electrons. The largest absolute Gasteiger partial charge is 0.497 e. The molecule has 0 heterocycles. The summed E-state index contributed by atoms with van der Waals surface area (Å²) in [5.41, 5.74) is 3.40. The first-order valence-electron chi connectivity index (χ1n) is 5.19. The molecule has 1 rings (SSSR count). The Labute approximate surface area is 95.3 Å². The van der Waals surface area contributed by atoms with Crippen LogP contribution in [0.5, 0.6) is 5.75 Å². The van der Waals surface area contributed by atoms with Gasteiger partial charge in [-0.1, -0.05) is 19.1 Å². The third kappa shape index (κ3) is 4.13. The minimum Gasteiger partial charge on any atom is -0.497 e. The van der Waals surface area contributed by atoms with Gasteiger partial charge in [-0.15, -0.1) is 0 Å². The molecule has 0 aliphatic carbocycles. The molecule has 0 saturated heterocycles. The monoisotopic (exact) mass is 220 g/mol. The van der Waals surface area contributed by atoms with Gasteiger partial charge in [-0.3, -0.25) is 4.79 Å². The van der Waals surface area contributed by atoms with Crippen LogP contribution in [-0.4, -0.2) is 19.2 Å². The van der Waals surface area contributed by atoms with Crippen LogP contribution in [0.2, 0.25) is 0 Å². The molecule has 16 heavy (non-hydrogen) atoms. The molecule has 4 heteroatoms. The van der Waals surface area contributed by atoms with Crippen molar-refractivity contribution in [3.05, 3.63) is 29.8 Å². The Morgan fingerprint density at radius 1 is 1.44 bits per heavy atom. The molecule has 1 N–H and O–H groups in total. The number of carbonyl (C=O) groups is 1. The average Bonchev–Trinajstić information content (AvgIpc) is 2.30. The van der Waals surface area contributed by atoms with Gasteiger partial charge < -0.3 is 4.74 Å². The van der Waals surface area contributed by atoms with E-state index in [0.29, 0.717) is 6.42 Å². The number of nitrogens with zero attached hydrogens (tertiary/aromatic N) is 1. The van der Waals surface area contributed by atoms with E-state index >= 15 is 0 Å². The van der Waals surface area contributed by atoms with Gasteiger partial charge in [-0.2, -0.15) is 5.10 Å². The molecule has 0 unspecified atom stereocenters. The summed E-state index contributed by atoms with van der Waals surface area (Å²) < 4.78 is 5.03. The van der Waals surface area contributed by atoms with Crippen LogP contribution >= 0.6 is 0 Å². The van der Waals surface area contributed by atoms with Crippen molar-refractivity contribution in [2.45, 2.75) is 19.8 Å². The Morgan fingerprint density at radius 3 is 2.69 bits per heavy atom. The zero-order valence-electron chi connectivity index (χ0n) is 9.56. The summed E-state index contributed by atoms with van der Waals surface area (Å²) in [6.45, 7) is 1.96. The first kappa shape index (κ1) is 12.2. The zero-order valence-corrected chi connectivity index (χ0v) is 9.56. The molecular formula is C12H16N2O2. The maximum atomic E-state index is 11.4. The molecule has 0 bridgehead atoms. The number of hydrazone groups is 1. The van der Waals surface area contributed by atoms with Crippen LogP contribution in [0.4, 0.5) is 0 Å². The second-order valence-electron chi connectivity index (χ2n) is 3.28. The highest BCUT2D eigenvalue weighted by Gasteiger charge is 2.01. The molecule has 0 aliphatic heterocycles. The van der Waals surface area contributed by atoms with Gasteiger partial charge in [0, 0.05) is 6.21 Å². The molecule has 0 aliphatic rings. The molecule has 0 atom stereocenters. The topological polar surface area (TPSA) is 50.7 Å². The number of ether oxygens (including phenoxy) is 1. The molecule has 0 aromatic heterocycles. The predicted octanol–water partition coefficient (Wildman–Crippen LogP) is 1.75. The van der Waals surface area contributed by atoms with Gasteiger partial charge >= 0.3 is 0 Å². The Morgan fingerprint density at radius 2 is 2.12 bits per heavy atom. The van der Waals surface area contributed by atoms with E-state index in [1.165, 1.54) is 0 Å². The third-order valence-corrected chi connectivity index (χ3v) is 1.99. The van der Waals surface area contributed by atoms with Gasteiger partial charge in [0.25, 0.3) is 0 Å². The number of methoxy groups -OCH3 is 1. The molecule has 0 radical (unpaired) electrons. The highest BCUT2D eigenvalue weighted by molar-refractivity contribution is 5.79. The van der Waals surface area contributed by atoms with Gasteiger partial charge in [-0.25, -0.2) is 5.43 Å². The molecule has 0 fully saturated rings. The molecule has 1 aromatic rings. The normalized spacial score (nSPS) is 10.4. The lowest BCUT2D eigenvalue weighted by molar-refractivity contribution is -0.120. The summed E-state index contributed by atoms with van der Waals surface area (Å²) in [4.78, 5) is 11.4. The van der Waals surface area contributed by atoms with Crippen LogP contribution in [-0.2, 0) is 11.2 Å². The maximum Gasteiger partial charge on any atom is 0.244 e. The lowest BCUT2D eigenvalue weighted by Gasteiger charge is -2.02. The standard InChI is InChI=1S/C12H16N2O2/c1-3-8-13-14-12(15)9-10-4-6-11(16-2)7-5-10/h4-8H,3,9H2,1-2H3,(H,14,15)/b13-8+. The third-order valence-electron chi connectivity index (χ3n) is 1.99. The van der Waals surface area contributed by atoms with Gasteiger partial charge in [0.1, 0.15) is 5.75 Å². The van der Waals surface area contributed by atoms with Crippen molar-refractivity contribution < 1.29 is 9.53 Å². The number of rotatable bonds is 5. The second-order valence-corrected chi connectivity index (χ2v) is 3.28. The van der Waals surface area contributed by atoms with Gasteiger partial charge in [0.2, 0.25) is 5.91 Å². The Bertz CT molecular complexity index is 358. The summed E-state index contributed by atoms with van der Waals surface area (Å²) in [6, 6.07) is 7.39. The first-order chi connectivity index (χ1) is 7.76. The fraction of sp³-hybridized carbons (Fsp3) is 0.333. The molecule has 1 amide bonds.